The van der Waals surface area contributed by atoms with Gasteiger partial charge in [-0.3, -0.25) is 0 Å². The third-order valence-electron chi connectivity index (χ3n) is 2.61. The lowest BCUT2D eigenvalue weighted by Gasteiger charge is -2.09. The fourth-order valence-corrected chi connectivity index (χ4v) is 3.30. The summed E-state index contributed by atoms with van der Waals surface area (Å²) in [5, 5.41) is 11.3. The van der Waals surface area contributed by atoms with E-state index < -0.39 is 15.1 Å². The lowest BCUT2D eigenvalue weighted by molar-refractivity contribution is 0.579. The van der Waals surface area contributed by atoms with E-state index in [0.717, 1.165) is 0 Å². The Labute approximate surface area is 106 Å². The van der Waals surface area contributed by atoms with E-state index in [1.54, 1.807) is 0 Å². The van der Waals surface area contributed by atoms with Gasteiger partial charge in [-0.05, 0) is 25.1 Å². The van der Waals surface area contributed by atoms with Crippen LogP contribution in [0.2, 0.25) is 0 Å². The van der Waals surface area contributed by atoms with Crippen molar-refractivity contribution < 1.29 is 8.42 Å². The summed E-state index contributed by atoms with van der Waals surface area (Å²) in [7, 11) is -3.40. The number of pyridine rings is 1. The molecule has 5 nitrogen and oxygen atoms in total. The largest absolute Gasteiger partial charge is 0.315 e. The fraction of sp³-hybridized carbons (Fsp3) is 0.400. The van der Waals surface area contributed by atoms with Crippen LogP contribution in [0.3, 0.4) is 0 Å². The van der Waals surface area contributed by atoms with Gasteiger partial charge in [0.15, 0.2) is 14.9 Å². The van der Waals surface area contributed by atoms with Gasteiger partial charge in [0, 0.05) is 12.7 Å². The molecule has 1 aliphatic rings. The van der Waals surface area contributed by atoms with Crippen molar-refractivity contribution in [2.45, 2.75) is 16.7 Å². The number of sulfone groups is 1. The number of hydrogen-bond donors (Lipinski definition) is 1. The van der Waals surface area contributed by atoms with E-state index in [1.165, 1.54) is 18.3 Å². The van der Waals surface area contributed by atoms with Crippen LogP contribution in [0.25, 0.3) is 0 Å². The van der Waals surface area contributed by atoms with Gasteiger partial charge in [0.05, 0.1) is 16.9 Å². The zero-order valence-corrected chi connectivity index (χ0v) is 10.6. The highest BCUT2D eigenvalue weighted by Gasteiger charge is 2.31. The molecule has 0 amide bonds. The summed E-state index contributed by atoms with van der Waals surface area (Å²) in [5.74, 6) is 0. The van der Waals surface area contributed by atoms with E-state index in [9.17, 15) is 8.42 Å². The molecule has 7 heteroatoms. The average Bonchev–Trinajstić information content (AvgIpc) is 2.83. The highest BCUT2D eigenvalue weighted by atomic mass is 35.5. The average molecular weight is 274 g/mol. The van der Waals surface area contributed by atoms with Crippen molar-refractivity contribution in [3.63, 3.8) is 0 Å². The molecular formula is C10H12ClN3O2S. The Morgan fingerprint density at radius 3 is 2.88 bits per heavy atom. The second-order valence-electron chi connectivity index (χ2n) is 3.65. The van der Waals surface area contributed by atoms with E-state index in [1.807, 2.05) is 6.07 Å². The minimum atomic E-state index is -3.40. The van der Waals surface area contributed by atoms with Crippen LogP contribution in [0.15, 0.2) is 23.4 Å². The van der Waals surface area contributed by atoms with E-state index >= 15 is 0 Å². The van der Waals surface area contributed by atoms with E-state index in [4.69, 9.17) is 5.26 Å². The molecule has 17 heavy (non-hydrogen) atoms. The van der Waals surface area contributed by atoms with Crippen LogP contribution in [-0.4, -0.2) is 31.7 Å². The lowest BCUT2D eigenvalue weighted by atomic mass is 10.3. The van der Waals surface area contributed by atoms with Crippen molar-refractivity contribution in [3.05, 3.63) is 23.9 Å². The summed E-state index contributed by atoms with van der Waals surface area (Å²) in [4.78, 5) is 3.84. The monoisotopic (exact) mass is 273 g/mol. The van der Waals surface area contributed by atoms with Crippen LogP contribution in [0.4, 0.5) is 0 Å². The standard InChI is InChI=1S/C10H11N3O2S.ClH/c11-6-8-1-4-13-10(5-8)16(14,15)9-2-3-12-7-9;/h1,4-5,9,12H,2-3,7H2;1H. The first-order chi connectivity index (χ1) is 7.64. The van der Waals surface area contributed by atoms with Gasteiger partial charge in [0.1, 0.15) is 0 Å². The molecule has 0 saturated carbocycles. The Morgan fingerprint density at radius 1 is 1.53 bits per heavy atom. The van der Waals surface area contributed by atoms with Crippen molar-refractivity contribution in [2.75, 3.05) is 13.1 Å². The Kier molecular flexibility index (Phi) is 4.46. The van der Waals surface area contributed by atoms with E-state index in [2.05, 4.69) is 10.3 Å². The number of hydrogen-bond acceptors (Lipinski definition) is 5. The van der Waals surface area contributed by atoms with Crippen LogP contribution in [0.1, 0.15) is 12.0 Å². The SMILES string of the molecule is Cl.N#Cc1ccnc(S(=O)(=O)C2CCNC2)c1. The summed E-state index contributed by atoms with van der Waals surface area (Å²) in [5.41, 5.74) is 0.319. The minimum absolute atomic E-state index is 0. The maximum atomic E-state index is 12.1. The summed E-state index contributed by atoms with van der Waals surface area (Å²) < 4.78 is 24.2. The normalized spacial score (nSPS) is 19.4. The van der Waals surface area contributed by atoms with Crippen molar-refractivity contribution in [2.24, 2.45) is 0 Å². The van der Waals surface area contributed by atoms with E-state index in [0.29, 0.717) is 25.1 Å². The molecule has 1 aromatic heterocycles. The first-order valence-corrected chi connectivity index (χ1v) is 6.50. The number of nitrogens with one attached hydrogen (secondary N) is 1. The molecule has 1 aliphatic heterocycles. The maximum Gasteiger partial charge on any atom is 0.199 e. The summed E-state index contributed by atoms with van der Waals surface area (Å²) in [6, 6.07) is 4.73. The summed E-state index contributed by atoms with van der Waals surface area (Å²) in [6.07, 6.45) is 1.95. The molecule has 0 radical (unpaired) electrons. The molecule has 2 heterocycles. The molecule has 0 aliphatic carbocycles. The van der Waals surface area contributed by atoms with Gasteiger partial charge in [-0.1, -0.05) is 0 Å². The molecule has 0 spiro atoms. The highest BCUT2D eigenvalue weighted by Crippen LogP contribution is 2.18. The number of nitrogens with zero attached hydrogens (tertiary/aromatic N) is 2. The minimum Gasteiger partial charge on any atom is -0.315 e. The number of halogens is 1. The first-order valence-electron chi connectivity index (χ1n) is 4.95. The number of aromatic nitrogens is 1. The number of nitriles is 1. The van der Waals surface area contributed by atoms with Gasteiger partial charge >= 0.3 is 0 Å². The predicted molar refractivity (Wildman–Crippen MR) is 64.7 cm³/mol. The maximum absolute atomic E-state index is 12.1. The fourth-order valence-electron chi connectivity index (χ4n) is 1.70. The van der Waals surface area contributed by atoms with Gasteiger partial charge in [-0.15, -0.1) is 12.4 Å². The molecule has 0 bridgehead atoms. The van der Waals surface area contributed by atoms with Gasteiger partial charge in [-0.2, -0.15) is 5.26 Å². The summed E-state index contributed by atoms with van der Waals surface area (Å²) in [6.45, 7) is 1.17. The predicted octanol–water partition coefficient (Wildman–Crippen LogP) is 0.511. The van der Waals surface area contributed by atoms with Crippen LogP contribution < -0.4 is 5.32 Å². The summed E-state index contributed by atoms with van der Waals surface area (Å²) >= 11 is 0. The molecular weight excluding hydrogens is 262 g/mol. The van der Waals surface area contributed by atoms with Gasteiger partial charge in [0.25, 0.3) is 0 Å². The quantitative estimate of drug-likeness (QED) is 0.849. The van der Waals surface area contributed by atoms with Crippen LogP contribution in [-0.2, 0) is 9.84 Å². The van der Waals surface area contributed by atoms with Gasteiger partial charge in [-0.25, -0.2) is 13.4 Å². The van der Waals surface area contributed by atoms with Crippen LogP contribution >= 0.6 is 12.4 Å². The van der Waals surface area contributed by atoms with Gasteiger partial charge in [0.2, 0.25) is 0 Å². The molecule has 0 aromatic carbocycles. The smallest absolute Gasteiger partial charge is 0.199 e. The zero-order chi connectivity index (χ0) is 11.6. The van der Waals surface area contributed by atoms with Crippen LogP contribution in [0.5, 0.6) is 0 Å². The second-order valence-corrected chi connectivity index (χ2v) is 5.83. The van der Waals surface area contributed by atoms with E-state index in [-0.39, 0.29) is 17.4 Å². The van der Waals surface area contributed by atoms with Crippen molar-refractivity contribution in [1.29, 1.82) is 5.26 Å². The second kappa shape index (κ2) is 5.45. The molecule has 1 atom stereocenters. The first kappa shape index (κ1) is 13.9. The molecule has 1 aromatic rings. The Hall–Kier alpha value is -1.16. The topological polar surface area (TPSA) is 82.8 Å². The molecule has 92 valence electrons. The zero-order valence-electron chi connectivity index (χ0n) is 8.96. The van der Waals surface area contributed by atoms with Crippen LogP contribution in [0, 0.1) is 11.3 Å². The Morgan fingerprint density at radius 2 is 2.29 bits per heavy atom. The molecule has 1 fully saturated rings. The van der Waals surface area contributed by atoms with Gasteiger partial charge < -0.3 is 5.32 Å². The molecule has 2 rings (SSSR count). The lowest BCUT2D eigenvalue weighted by Crippen LogP contribution is -2.24. The third kappa shape index (κ3) is 2.75. The van der Waals surface area contributed by atoms with Crippen molar-refractivity contribution in [3.8, 4) is 6.07 Å². The Balaban J connectivity index is 0.00000144. The molecule has 1 unspecified atom stereocenters. The highest BCUT2D eigenvalue weighted by molar-refractivity contribution is 7.92. The van der Waals surface area contributed by atoms with Crippen molar-refractivity contribution in [1.82, 2.24) is 10.3 Å². The van der Waals surface area contributed by atoms with Crippen molar-refractivity contribution >= 4 is 22.2 Å². The Bertz CT molecular complexity index is 533. The molecule has 1 saturated heterocycles. The molecule has 1 N–H and O–H groups in total. The third-order valence-corrected chi connectivity index (χ3v) is 4.70. The number of rotatable bonds is 2.